The van der Waals surface area contributed by atoms with Crippen molar-refractivity contribution in [3.63, 3.8) is 0 Å². The van der Waals surface area contributed by atoms with Gasteiger partial charge in [-0.15, -0.1) is 0 Å². The highest BCUT2D eigenvalue weighted by Crippen LogP contribution is 2.64. The Labute approximate surface area is 278 Å². The first-order chi connectivity index (χ1) is 21.7. The van der Waals surface area contributed by atoms with E-state index in [2.05, 4.69) is 20.8 Å². The summed E-state index contributed by atoms with van der Waals surface area (Å²) < 4.78 is 31.5. The van der Waals surface area contributed by atoms with E-state index in [1.165, 1.54) is 19.9 Å². The Balaban J connectivity index is 2.17. The van der Waals surface area contributed by atoms with Crippen molar-refractivity contribution in [2.75, 3.05) is 6.61 Å². The third-order valence-corrected chi connectivity index (χ3v) is 16.4. The summed E-state index contributed by atoms with van der Waals surface area (Å²) in [5, 5.41) is 13.1. The molecule has 0 spiro atoms. The molecule has 1 aliphatic heterocycles. The van der Waals surface area contributed by atoms with Gasteiger partial charge in [-0.3, -0.25) is 19.2 Å². The Morgan fingerprint density at radius 2 is 1.57 bits per heavy atom. The molecule has 1 saturated heterocycles. The predicted molar refractivity (Wildman–Crippen MR) is 173 cm³/mol. The normalized spacial score (nSPS) is 36.1. The Bertz CT molecular complexity index is 1400. The van der Waals surface area contributed by atoms with Gasteiger partial charge in [-0.05, 0) is 57.0 Å². The molecule has 3 aliphatic carbocycles. The Morgan fingerprint density at radius 3 is 2.04 bits per heavy atom. The molecule has 4 rings (SSSR count). The second-order valence-electron chi connectivity index (χ2n) is 14.8. The van der Waals surface area contributed by atoms with Gasteiger partial charge in [-0.2, -0.15) is 0 Å². The fourth-order valence-electron chi connectivity index (χ4n) is 8.81. The first-order valence-corrected chi connectivity index (χ1v) is 19.3. The van der Waals surface area contributed by atoms with Crippen molar-refractivity contribution < 1.29 is 52.5 Å². The monoisotopic (exact) mass is 676 g/mol. The predicted octanol–water partition coefficient (Wildman–Crippen LogP) is 4.54. The fourth-order valence-corrected chi connectivity index (χ4v) is 11.8. The first-order valence-electron chi connectivity index (χ1n) is 16.7. The molecule has 2 saturated carbocycles. The number of ether oxygens (including phenoxy) is 4. The van der Waals surface area contributed by atoms with Crippen molar-refractivity contribution >= 4 is 37.8 Å². The zero-order valence-electron chi connectivity index (χ0n) is 29.7. The van der Waals surface area contributed by atoms with E-state index in [1.54, 1.807) is 41.5 Å². The number of hydrogen-bond acceptors (Lipinski definition) is 11. The van der Waals surface area contributed by atoms with Crippen LogP contribution < -0.4 is 0 Å². The van der Waals surface area contributed by atoms with Gasteiger partial charge in [-0.1, -0.05) is 40.2 Å². The van der Waals surface area contributed by atoms with E-state index in [1.807, 2.05) is 0 Å². The van der Waals surface area contributed by atoms with E-state index in [9.17, 15) is 24.3 Å². The molecule has 1 unspecified atom stereocenters. The number of esters is 3. The van der Waals surface area contributed by atoms with Crippen LogP contribution in [0.2, 0.25) is 18.1 Å². The average Bonchev–Trinajstić information content (AvgIpc) is 2.96. The van der Waals surface area contributed by atoms with Crippen molar-refractivity contribution in [1.82, 2.24) is 0 Å². The SMILES string of the molecule is CC[Si](CC)(CC)O[C@H]1C[C@H]2OC[C@@]2(OC(C)=O)C2[C@H](OC(=O)C=C(C)C)[C@]3(O)CC(=O)C(C)=C([C@@H](OC(C)=O)C(=O)[C@@]21C)C3(C)C. The number of hydrogen-bond donors (Lipinski definition) is 1. The topological polar surface area (TPSA) is 152 Å². The van der Waals surface area contributed by atoms with Gasteiger partial charge in [0.2, 0.25) is 0 Å². The van der Waals surface area contributed by atoms with E-state index in [0.717, 1.165) is 18.1 Å². The number of fused-ring (bicyclic) bond motifs is 5. The van der Waals surface area contributed by atoms with Crippen molar-refractivity contribution in [3.8, 4) is 0 Å². The Morgan fingerprint density at radius 1 is 0.979 bits per heavy atom. The van der Waals surface area contributed by atoms with Gasteiger partial charge in [0.05, 0.1) is 24.0 Å². The minimum Gasteiger partial charge on any atom is -0.456 e. The standard InChI is InChI=1S/C35H52O11Si/c1-12-47(13-2,14-3)46-24-16-25-34(18-42-25,45-22(8)37)29-31(44-26(39)15-19(4)5)35(41)17-23(38)20(6)27(32(35,9)10)28(43-21(7)36)30(40)33(24,29)11/h15,24-25,28-29,31,41H,12-14,16-18H2,1-11H3/t24-,25+,28+,29?,31-,33+,34-,35+/m0/s1. The molecule has 0 aromatic heterocycles. The Kier molecular flexibility index (Phi) is 10.0. The van der Waals surface area contributed by atoms with Crippen molar-refractivity contribution in [2.45, 2.75) is 143 Å². The lowest BCUT2D eigenvalue weighted by Gasteiger charge is -2.68. The highest BCUT2D eigenvalue weighted by atomic mass is 28.4. The summed E-state index contributed by atoms with van der Waals surface area (Å²) in [5.74, 6) is -4.51. The summed E-state index contributed by atoms with van der Waals surface area (Å²) in [6.45, 7) is 18.4. The van der Waals surface area contributed by atoms with Gasteiger partial charge in [0, 0.05) is 38.2 Å². The molecule has 1 N–H and O–H groups in total. The summed E-state index contributed by atoms with van der Waals surface area (Å²) in [7, 11) is -2.47. The van der Waals surface area contributed by atoms with Crippen molar-refractivity contribution in [3.05, 3.63) is 22.8 Å². The number of rotatable bonds is 9. The first kappa shape index (κ1) is 37.2. The molecular weight excluding hydrogens is 624 g/mol. The molecule has 2 bridgehead atoms. The van der Waals surface area contributed by atoms with Crippen LogP contribution in [0.1, 0.15) is 89.0 Å². The van der Waals surface area contributed by atoms with Crippen LogP contribution in [0.3, 0.4) is 0 Å². The molecule has 3 fully saturated rings. The molecule has 11 nitrogen and oxygen atoms in total. The van der Waals surface area contributed by atoms with E-state index in [-0.39, 0.29) is 24.2 Å². The van der Waals surface area contributed by atoms with Crippen LogP contribution in [-0.4, -0.2) is 85.1 Å². The van der Waals surface area contributed by atoms with E-state index >= 15 is 4.79 Å². The molecular formula is C35H52O11Si. The van der Waals surface area contributed by atoms with Gasteiger partial charge >= 0.3 is 17.9 Å². The summed E-state index contributed by atoms with van der Waals surface area (Å²) >= 11 is 0. The third kappa shape index (κ3) is 5.66. The largest absolute Gasteiger partial charge is 0.456 e. The molecule has 12 heteroatoms. The van der Waals surface area contributed by atoms with Crippen molar-refractivity contribution in [1.29, 1.82) is 0 Å². The summed E-state index contributed by atoms with van der Waals surface area (Å²) in [6.07, 6.45) is -3.77. The summed E-state index contributed by atoms with van der Waals surface area (Å²) in [6, 6.07) is 2.27. The average molecular weight is 677 g/mol. The van der Waals surface area contributed by atoms with Crippen LogP contribution in [0.4, 0.5) is 0 Å². The number of allylic oxidation sites excluding steroid dienone is 2. The van der Waals surface area contributed by atoms with E-state index in [4.69, 9.17) is 23.4 Å². The lowest BCUT2D eigenvalue weighted by atomic mass is 9.44. The second kappa shape index (κ2) is 12.7. The quantitative estimate of drug-likeness (QED) is 0.159. The van der Waals surface area contributed by atoms with Gasteiger partial charge in [0.1, 0.15) is 17.8 Å². The van der Waals surface area contributed by atoms with Crippen LogP contribution in [-0.2, 0) is 47.3 Å². The van der Waals surface area contributed by atoms with Gasteiger partial charge in [-0.25, -0.2) is 4.79 Å². The second-order valence-corrected chi connectivity index (χ2v) is 19.5. The fraction of sp³-hybridized carbons (Fsp3) is 0.743. The summed E-state index contributed by atoms with van der Waals surface area (Å²) in [4.78, 5) is 68.5. The molecule has 1 heterocycles. The molecule has 0 aromatic rings. The van der Waals surface area contributed by atoms with Gasteiger partial charge < -0.3 is 28.5 Å². The molecule has 47 heavy (non-hydrogen) atoms. The maximum Gasteiger partial charge on any atom is 0.331 e. The molecule has 0 radical (unpaired) electrons. The number of carbonyl (C=O) groups is 5. The van der Waals surface area contributed by atoms with Crippen LogP contribution in [0, 0.1) is 16.7 Å². The minimum absolute atomic E-state index is 0.142. The van der Waals surface area contributed by atoms with Crippen LogP contribution in [0.25, 0.3) is 0 Å². The summed E-state index contributed by atoms with van der Waals surface area (Å²) in [5.41, 5.74) is -5.81. The molecule has 0 amide bonds. The third-order valence-electron chi connectivity index (χ3n) is 11.7. The van der Waals surface area contributed by atoms with Gasteiger partial charge in [0.15, 0.2) is 31.6 Å². The van der Waals surface area contributed by atoms with Crippen LogP contribution >= 0.6 is 0 Å². The highest BCUT2D eigenvalue weighted by Gasteiger charge is 2.78. The van der Waals surface area contributed by atoms with E-state index in [0.29, 0.717) is 5.57 Å². The molecule has 4 aliphatic rings. The zero-order chi connectivity index (χ0) is 35.5. The number of ketones is 2. The number of Topliss-reactive ketones (excluding diaryl/α,β-unsaturated/α-hetero) is 2. The maximum atomic E-state index is 15.5. The minimum atomic E-state index is -2.47. The van der Waals surface area contributed by atoms with Crippen molar-refractivity contribution in [2.24, 2.45) is 16.7 Å². The van der Waals surface area contributed by atoms with E-state index < -0.39 is 96.6 Å². The van der Waals surface area contributed by atoms with Crippen LogP contribution in [0.15, 0.2) is 22.8 Å². The molecule has 8 atom stereocenters. The molecule has 0 aromatic carbocycles. The van der Waals surface area contributed by atoms with Crippen LogP contribution in [0.5, 0.6) is 0 Å². The Hall–Kier alpha value is -2.67. The van der Waals surface area contributed by atoms with Gasteiger partial charge in [0.25, 0.3) is 0 Å². The maximum absolute atomic E-state index is 15.5. The lowest BCUT2D eigenvalue weighted by Crippen LogP contribution is -2.82. The number of aliphatic hydroxyl groups is 1. The zero-order valence-corrected chi connectivity index (χ0v) is 30.7. The lowest BCUT2D eigenvalue weighted by molar-refractivity contribution is -0.344. The number of carbonyl (C=O) groups excluding carboxylic acids is 5. The smallest absolute Gasteiger partial charge is 0.331 e. The highest BCUT2D eigenvalue weighted by molar-refractivity contribution is 6.73. The molecule has 262 valence electrons.